The van der Waals surface area contributed by atoms with Crippen LogP contribution in [0.15, 0.2) is 17.6 Å². The van der Waals surface area contributed by atoms with Gasteiger partial charge in [-0.3, -0.25) is 9.69 Å². The molecule has 7 nitrogen and oxygen atoms in total. The van der Waals surface area contributed by atoms with Crippen molar-refractivity contribution in [1.82, 2.24) is 15.3 Å². The lowest BCUT2D eigenvalue weighted by atomic mass is 9.93. The SMILES string of the molecule is O=C(c1scc2c1CCCC2)N(CC1CCNCC1)c1ccnc(NC2CCC(O)CC2)n1. The molecule has 0 unspecified atom stereocenters. The van der Waals surface area contributed by atoms with E-state index in [1.807, 2.05) is 11.0 Å². The maximum absolute atomic E-state index is 13.9. The highest BCUT2D eigenvalue weighted by molar-refractivity contribution is 7.12. The lowest BCUT2D eigenvalue weighted by Gasteiger charge is -2.30. The summed E-state index contributed by atoms with van der Waals surface area (Å²) < 4.78 is 0. The maximum Gasteiger partial charge on any atom is 0.269 e. The third kappa shape index (κ3) is 5.39. The number of hydrogen-bond donors (Lipinski definition) is 3. The van der Waals surface area contributed by atoms with Crippen LogP contribution in [0.5, 0.6) is 0 Å². The predicted molar refractivity (Wildman–Crippen MR) is 132 cm³/mol. The summed E-state index contributed by atoms with van der Waals surface area (Å²) in [5.41, 5.74) is 2.63. The molecular weight excluding hydrogens is 434 g/mol. The number of aryl methyl sites for hydroxylation is 1. The van der Waals surface area contributed by atoms with Crippen LogP contribution in [0.4, 0.5) is 11.8 Å². The van der Waals surface area contributed by atoms with Gasteiger partial charge in [-0.2, -0.15) is 4.98 Å². The number of carbonyl (C=O) groups is 1. The summed E-state index contributed by atoms with van der Waals surface area (Å²) in [5, 5.41) is 18.9. The molecule has 0 aromatic carbocycles. The molecule has 3 N–H and O–H groups in total. The van der Waals surface area contributed by atoms with Crippen molar-refractivity contribution in [3.63, 3.8) is 0 Å². The molecule has 0 radical (unpaired) electrons. The van der Waals surface area contributed by atoms with Gasteiger partial charge in [0.05, 0.1) is 11.0 Å². The van der Waals surface area contributed by atoms with Crippen LogP contribution in [0, 0.1) is 5.92 Å². The molecule has 1 saturated heterocycles. The van der Waals surface area contributed by atoms with Crippen molar-refractivity contribution in [3.05, 3.63) is 33.6 Å². The number of amides is 1. The van der Waals surface area contributed by atoms with Crippen molar-refractivity contribution in [2.75, 3.05) is 29.9 Å². The summed E-state index contributed by atoms with van der Waals surface area (Å²) in [6, 6.07) is 2.14. The van der Waals surface area contributed by atoms with Gasteiger partial charge in [-0.15, -0.1) is 11.3 Å². The zero-order valence-electron chi connectivity index (χ0n) is 19.3. The standard InChI is InChI=1S/C25H35N5O2S/c31-20-7-5-19(6-8-20)28-25-27-14-11-22(29-25)30(15-17-9-12-26-13-10-17)24(32)23-21-4-2-1-3-18(21)16-33-23/h11,14,16-17,19-20,26,31H,1-10,12-13,15H2,(H,27,28,29). The lowest BCUT2D eigenvalue weighted by Crippen LogP contribution is -2.40. The number of aromatic nitrogens is 2. The molecule has 3 heterocycles. The average Bonchev–Trinajstić information content (AvgIpc) is 3.29. The molecule has 2 aromatic heterocycles. The molecule has 0 bridgehead atoms. The van der Waals surface area contributed by atoms with Crippen LogP contribution in [0.3, 0.4) is 0 Å². The number of fused-ring (bicyclic) bond motifs is 1. The smallest absolute Gasteiger partial charge is 0.269 e. The number of hydrogen-bond acceptors (Lipinski definition) is 7. The molecule has 0 spiro atoms. The minimum absolute atomic E-state index is 0.0899. The van der Waals surface area contributed by atoms with Crippen molar-refractivity contribution in [3.8, 4) is 0 Å². The van der Waals surface area contributed by atoms with Gasteiger partial charge in [-0.05, 0) is 106 Å². The fraction of sp³-hybridized carbons (Fsp3) is 0.640. The van der Waals surface area contributed by atoms with E-state index in [0.29, 0.717) is 24.2 Å². The number of aliphatic hydroxyl groups excluding tert-OH is 1. The Hall–Kier alpha value is -2.03. The van der Waals surface area contributed by atoms with E-state index in [4.69, 9.17) is 4.98 Å². The monoisotopic (exact) mass is 469 g/mol. The van der Waals surface area contributed by atoms with Crippen molar-refractivity contribution < 1.29 is 9.90 Å². The number of rotatable bonds is 6. The molecular formula is C25H35N5O2S. The zero-order valence-corrected chi connectivity index (χ0v) is 20.1. The minimum Gasteiger partial charge on any atom is -0.393 e. The second kappa shape index (κ2) is 10.5. The topological polar surface area (TPSA) is 90.4 Å². The highest BCUT2D eigenvalue weighted by atomic mass is 32.1. The molecule has 1 saturated carbocycles. The van der Waals surface area contributed by atoms with E-state index in [9.17, 15) is 9.90 Å². The summed E-state index contributed by atoms with van der Waals surface area (Å²) >= 11 is 1.61. The number of nitrogens with zero attached hydrogens (tertiary/aromatic N) is 3. The third-order valence-electron chi connectivity index (χ3n) is 7.39. The summed E-state index contributed by atoms with van der Waals surface area (Å²) in [6.45, 7) is 2.70. The first-order valence-electron chi connectivity index (χ1n) is 12.6. The van der Waals surface area contributed by atoms with Gasteiger partial charge in [0.15, 0.2) is 0 Å². The summed E-state index contributed by atoms with van der Waals surface area (Å²) in [4.78, 5) is 26.0. The largest absolute Gasteiger partial charge is 0.393 e. The summed E-state index contributed by atoms with van der Waals surface area (Å²) in [6.07, 6.45) is 11.6. The van der Waals surface area contributed by atoms with E-state index in [1.54, 1.807) is 17.5 Å². The van der Waals surface area contributed by atoms with Crippen LogP contribution in [0.2, 0.25) is 0 Å². The Morgan fingerprint density at radius 2 is 1.94 bits per heavy atom. The molecule has 1 amide bonds. The van der Waals surface area contributed by atoms with Crippen molar-refractivity contribution in [2.24, 2.45) is 5.92 Å². The molecule has 8 heteroatoms. The third-order valence-corrected chi connectivity index (χ3v) is 8.45. The van der Waals surface area contributed by atoms with E-state index in [1.165, 1.54) is 17.5 Å². The molecule has 2 fully saturated rings. The number of aliphatic hydroxyl groups is 1. The first kappa shape index (κ1) is 22.7. The van der Waals surface area contributed by atoms with Crippen molar-refractivity contribution in [2.45, 2.75) is 76.4 Å². The average molecular weight is 470 g/mol. The Labute approximate surface area is 200 Å². The summed E-state index contributed by atoms with van der Waals surface area (Å²) in [5.74, 6) is 1.82. The second-order valence-electron chi connectivity index (χ2n) is 9.77. The number of anilines is 2. The fourth-order valence-corrected chi connectivity index (χ4v) is 6.50. The fourth-order valence-electron chi connectivity index (χ4n) is 5.40. The van der Waals surface area contributed by atoms with E-state index < -0.39 is 0 Å². The van der Waals surface area contributed by atoms with E-state index in [0.717, 1.165) is 75.8 Å². The van der Waals surface area contributed by atoms with Gasteiger partial charge in [-0.25, -0.2) is 4.98 Å². The van der Waals surface area contributed by atoms with Gasteiger partial charge in [-0.1, -0.05) is 0 Å². The van der Waals surface area contributed by atoms with Gasteiger partial charge >= 0.3 is 0 Å². The number of thiophene rings is 1. The quantitative estimate of drug-likeness (QED) is 0.597. The number of nitrogens with one attached hydrogen (secondary N) is 2. The van der Waals surface area contributed by atoms with E-state index in [2.05, 4.69) is 21.0 Å². The van der Waals surface area contributed by atoms with Gasteiger partial charge in [0.25, 0.3) is 5.91 Å². The zero-order chi connectivity index (χ0) is 22.6. The summed E-state index contributed by atoms with van der Waals surface area (Å²) in [7, 11) is 0. The van der Waals surface area contributed by atoms with Crippen LogP contribution >= 0.6 is 11.3 Å². The van der Waals surface area contributed by atoms with E-state index >= 15 is 0 Å². The van der Waals surface area contributed by atoms with Crippen LogP contribution in [0.1, 0.15) is 72.2 Å². The first-order chi connectivity index (χ1) is 16.2. The van der Waals surface area contributed by atoms with Crippen molar-refractivity contribution >= 4 is 29.0 Å². The normalized spacial score (nSPS) is 23.7. The molecule has 3 aliphatic rings. The molecule has 33 heavy (non-hydrogen) atoms. The molecule has 1 aliphatic heterocycles. The number of carbonyl (C=O) groups excluding carboxylic acids is 1. The molecule has 0 atom stereocenters. The Morgan fingerprint density at radius 3 is 2.76 bits per heavy atom. The predicted octanol–water partition coefficient (Wildman–Crippen LogP) is 3.78. The van der Waals surface area contributed by atoms with Crippen LogP contribution in [-0.4, -0.2) is 52.8 Å². The van der Waals surface area contributed by atoms with Gasteiger partial charge < -0.3 is 15.7 Å². The lowest BCUT2D eigenvalue weighted by molar-refractivity contribution is 0.0982. The second-order valence-corrected chi connectivity index (χ2v) is 10.7. The molecule has 178 valence electrons. The van der Waals surface area contributed by atoms with Crippen molar-refractivity contribution in [1.29, 1.82) is 0 Å². The molecule has 2 aromatic rings. The molecule has 5 rings (SSSR count). The number of piperidine rings is 1. The van der Waals surface area contributed by atoms with Crippen LogP contribution < -0.4 is 15.5 Å². The Bertz CT molecular complexity index is 950. The molecule has 2 aliphatic carbocycles. The van der Waals surface area contributed by atoms with Crippen LogP contribution in [0.25, 0.3) is 0 Å². The Morgan fingerprint density at radius 1 is 1.15 bits per heavy atom. The minimum atomic E-state index is -0.190. The highest BCUT2D eigenvalue weighted by Gasteiger charge is 2.29. The highest BCUT2D eigenvalue weighted by Crippen LogP contribution is 2.32. The first-order valence-corrected chi connectivity index (χ1v) is 13.4. The Kier molecular flexibility index (Phi) is 7.23. The van der Waals surface area contributed by atoms with Crippen LogP contribution in [-0.2, 0) is 12.8 Å². The van der Waals surface area contributed by atoms with Gasteiger partial charge in [0.1, 0.15) is 5.82 Å². The van der Waals surface area contributed by atoms with Gasteiger partial charge in [0, 0.05) is 18.8 Å². The van der Waals surface area contributed by atoms with Gasteiger partial charge in [0.2, 0.25) is 5.95 Å². The maximum atomic E-state index is 13.9. The van der Waals surface area contributed by atoms with E-state index in [-0.39, 0.29) is 18.1 Å². The Balaban J connectivity index is 1.39.